The third-order valence-corrected chi connectivity index (χ3v) is 5.65. The van der Waals surface area contributed by atoms with E-state index in [0.717, 1.165) is 6.42 Å². The molecule has 2 aromatic rings. The molecule has 3 amide bonds. The predicted molar refractivity (Wildman–Crippen MR) is 127 cm³/mol. The molecule has 7 nitrogen and oxygen atoms in total. The van der Waals surface area contributed by atoms with E-state index < -0.39 is 24.1 Å². The van der Waals surface area contributed by atoms with E-state index in [4.69, 9.17) is 4.74 Å². The summed E-state index contributed by atoms with van der Waals surface area (Å²) in [4.78, 5) is 39.3. The van der Waals surface area contributed by atoms with Crippen molar-refractivity contribution in [3.63, 3.8) is 0 Å². The highest BCUT2D eigenvalue weighted by Crippen LogP contribution is 2.34. The summed E-state index contributed by atoms with van der Waals surface area (Å²) in [5.74, 6) is -0.604. The maximum absolute atomic E-state index is 13.7. The van der Waals surface area contributed by atoms with Crippen LogP contribution >= 0.6 is 0 Å². The van der Waals surface area contributed by atoms with Crippen molar-refractivity contribution >= 4 is 23.6 Å². The summed E-state index contributed by atoms with van der Waals surface area (Å²) < 4.78 is 19.3. The number of nitrogens with zero attached hydrogens (tertiary/aromatic N) is 1. The van der Waals surface area contributed by atoms with Crippen molar-refractivity contribution in [3.8, 4) is 0 Å². The summed E-state index contributed by atoms with van der Waals surface area (Å²) in [6.45, 7) is 8.24. The van der Waals surface area contributed by atoms with Gasteiger partial charge in [-0.1, -0.05) is 52.0 Å². The number of ether oxygens (including phenoxy) is 1. The lowest BCUT2D eigenvalue weighted by atomic mass is 10.00. The number of carbonyl (C=O) groups is 3. The molecule has 0 aliphatic carbocycles. The van der Waals surface area contributed by atoms with Crippen LogP contribution in [-0.2, 0) is 20.9 Å². The molecular weight excluding hydrogens is 437 g/mol. The molecule has 1 fully saturated rings. The molecule has 0 bridgehead atoms. The Kier molecular flexibility index (Phi) is 8.26. The minimum Gasteiger partial charge on any atom is -0.438 e. The van der Waals surface area contributed by atoms with Gasteiger partial charge in [0.25, 0.3) is 0 Å². The first-order valence-corrected chi connectivity index (χ1v) is 11.6. The predicted octanol–water partition coefficient (Wildman–Crippen LogP) is 4.64. The average Bonchev–Trinajstić information content (AvgIpc) is 3.10. The first-order valence-electron chi connectivity index (χ1n) is 11.6. The first-order chi connectivity index (χ1) is 16.2. The second kappa shape index (κ2) is 11.1. The summed E-state index contributed by atoms with van der Waals surface area (Å²) >= 11 is 0. The molecule has 8 heteroatoms. The summed E-state index contributed by atoms with van der Waals surface area (Å²) in [6.07, 6.45) is -0.683. The monoisotopic (exact) mass is 469 g/mol. The molecule has 3 rings (SSSR count). The normalized spacial score (nSPS) is 17.7. The van der Waals surface area contributed by atoms with Crippen LogP contribution in [0.5, 0.6) is 0 Å². The fraction of sp³-hybridized carbons (Fsp3) is 0.423. The van der Waals surface area contributed by atoms with Crippen LogP contribution in [0.25, 0.3) is 0 Å². The highest BCUT2D eigenvalue weighted by molar-refractivity contribution is 5.92. The fourth-order valence-corrected chi connectivity index (χ4v) is 3.67. The van der Waals surface area contributed by atoms with Crippen LogP contribution in [0, 0.1) is 17.7 Å². The maximum Gasteiger partial charge on any atom is 0.411 e. The number of carbonyl (C=O) groups excluding carboxylic acids is 3. The topological polar surface area (TPSA) is 87.7 Å². The third kappa shape index (κ3) is 6.34. The zero-order valence-corrected chi connectivity index (χ0v) is 20.0. The Bertz CT molecular complexity index is 1020. The molecule has 0 radical (unpaired) electrons. The van der Waals surface area contributed by atoms with Crippen LogP contribution in [-0.4, -0.2) is 35.4 Å². The summed E-state index contributed by atoms with van der Waals surface area (Å²) in [7, 11) is 0. The van der Waals surface area contributed by atoms with Crippen LogP contribution in [0.3, 0.4) is 0 Å². The largest absolute Gasteiger partial charge is 0.438 e. The van der Waals surface area contributed by atoms with Crippen LogP contribution in [0.2, 0.25) is 0 Å². The van der Waals surface area contributed by atoms with Gasteiger partial charge in [-0.15, -0.1) is 0 Å². The van der Waals surface area contributed by atoms with Gasteiger partial charge in [0.15, 0.2) is 12.1 Å². The number of hydrogen-bond donors (Lipinski definition) is 2. The Hall–Kier alpha value is -3.42. The molecule has 1 aliphatic rings. The molecule has 2 N–H and O–H groups in total. The van der Waals surface area contributed by atoms with Gasteiger partial charge in [0.1, 0.15) is 5.82 Å². The number of rotatable bonds is 9. The van der Waals surface area contributed by atoms with E-state index in [9.17, 15) is 18.8 Å². The second-order valence-corrected chi connectivity index (χ2v) is 9.25. The van der Waals surface area contributed by atoms with Crippen molar-refractivity contribution in [3.05, 3.63) is 65.5 Å². The average molecular weight is 470 g/mol. The van der Waals surface area contributed by atoms with Crippen LogP contribution in [0.4, 0.5) is 14.9 Å². The lowest BCUT2D eigenvalue weighted by Gasteiger charge is -2.24. The van der Waals surface area contributed by atoms with E-state index in [1.807, 2.05) is 0 Å². The fourth-order valence-electron chi connectivity index (χ4n) is 3.67. The minimum atomic E-state index is -0.918. The lowest BCUT2D eigenvalue weighted by Crippen LogP contribution is -2.46. The zero-order chi connectivity index (χ0) is 24.8. The van der Waals surface area contributed by atoms with Crippen molar-refractivity contribution in [2.45, 2.75) is 52.8 Å². The third-order valence-electron chi connectivity index (χ3n) is 5.65. The molecule has 182 valence electrons. The minimum absolute atomic E-state index is 0.0396. The van der Waals surface area contributed by atoms with Gasteiger partial charge in [-0.25, -0.2) is 9.18 Å². The Morgan fingerprint density at radius 3 is 2.41 bits per heavy atom. The molecular formula is C26H32FN3O4. The molecule has 1 heterocycles. The molecule has 1 aliphatic heterocycles. The Morgan fingerprint density at radius 1 is 1.09 bits per heavy atom. The second-order valence-electron chi connectivity index (χ2n) is 9.25. The van der Waals surface area contributed by atoms with Crippen molar-refractivity contribution in [2.75, 3.05) is 11.9 Å². The summed E-state index contributed by atoms with van der Waals surface area (Å²) in [5.41, 5.74) is 1.80. The molecule has 2 unspecified atom stereocenters. The van der Waals surface area contributed by atoms with Gasteiger partial charge < -0.3 is 15.4 Å². The van der Waals surface area contributed by atoms with Gasteiger partial charge in [-0.2, -0.15) is 0 Å². The molecule has 0 saturated carbocycles. The number of nitrogens with one attached hydrogen (secondary N) is 2. The van der Waals surface area contributed by atoms with E-state index in [1.165, 1.54) is 17.0 Å². The van der Waals surface area contributed by atoms with Crippen LogP contribution < -0.4 is 10.6 Å². The SMILES string of the molecule is CC(C)CCNC(=O)C1C(c2ccc(NC(=O)C(C)C)cc2)OC(=O)N1Cc1cccc(F)c1. The van der Waals surface area contributed by atoms with Gasteiger partial charge in [0, 0.05) is 18.2 Å². The molecule has 0 aromatic heterocycles. The Morgan fingerprint density at radius 2 is 1.79 bits per heavy atom. The van der Waals surface area contributed by atoms with Crippen molar-refractivity contribution < 1.29 is 23.5 Å². The molecule has 2 aromatic carbocycles. The molecule has 1 saturated heterocycles. The number of hydrogen-bond acceptors (Lipinski definition) is 4. The number of cyclic esters (lactones) is 1. The van der Waals surface area contributed by atoms with Crippen molar-refractivity contribution in [2.24, 2.45) is 11.8 Å². The zero-order valence-electron chi connectivity index (χ0n) is 20.0. The molecule has 34 heavy (non-hydrogen) atoms. The van der Waals surface area contributed by atoms with Crippen LogP contribution in [0.15, 0.2) is 48.5 Å². The lowest BCUT2D eigenvalue weighted by molar-refractivity contribution is -0.126. The number of halogens is 1. The maximum atomic E-state index is 13.7. The van der Waals surface area contributed by atoms with E-state index in [2.05, 4.69) is 24.5 Å². The summed E-state index contributed by atoms with van der Waals surface area (Å²) in [6, 6.07) is 11.9. The van der Waals surface area contributed by atoms with Gasteiger partial charge in [-0.3, -0.25) is 14.5 Å². The van der Waals surface area contributed by atoms with E-state index in [-0.39, 0.29) is 24.3 Å². The Labute approximate surface area is 199 Å². The van der Waals surface area contributed by atoms with Gasteiger partial charge >= 0.3 is 6.09 Å². The smallest absolute Gasteiger partial charge is 0.411 e. The quantitative estimate of drug-likeness (QED) is 0.560. The van der Waals surface area contributed by atoms with E-state index >= 15 is 0 Å². The van der Waals surface area contributed by atoms with E-state index in [1.54, 1.807) is 50.2 Å². The first kappa shape index (κ1) is 25.2. The van der Waals surface area contributed by atoms with Gasteiger partial charge in [0.2, 0.25) is 11.8 Å². The van der Waals surface area contributed by atoms with E-state index in [0.29, 0.717) is 29.3 Å². The number of amides is 3. The van der Waals surface area contributed by atoms with Crippen LogP contribution in [0.1, 0.15) is 51.3 Å². The van der Waals surface area contributed by atoms with Crippen molar-refractivity contribution in [1.82, 2.24) is 10.2 Å². The molecule has 0 spiro atoms. The van der Waals surface area contributed by atoms with Gasteiger partial charge in [-0.05, 0) is 47.7 Å². The number of anilines is 1. The summed E-state index contributed by atoms with van der Waals surface area (Å²) in [5, 5.41) is 5.72. The Balaban J connectivity index is 1.84. The van der Waals surface area contributed by atoms with Crippen molar-refractivity contribution in [1.29, 1.82) is 0 Å². The number of benzene rings is 2. The van der Waals surface area contributed by atoms with Gasteiger partial charge in [0.05, 0.1) is 6.54 Å². The molecule has 2 atom stereocenters. The highest BCUT2D eigenvalue weighted by atomic mass is 19.1. The highest BCUT2D eigenvalue weighted by Gasteiger charge is 2.46. The standard InChI is InChI=1S/C26H32FN3O4/c1-16(2)12-13-28-25(32)22-23(19-8-10-21(11-9-19)29-24(31)17(3)4)34-26(33)30(22)15-18-6-5-7-20(27)14-18/h5-11,14,16-17,22-23H,12-13,15H2,1-4H3,(H,28,32)(H,29,31).